The Bertz CT molecular complexity index is 1360. The fourth-order valence-corrected chi connectivity index (χ4v) is 5.16. The molecule has 0 aliphatic rings. The molecular formula is C27H32N2O8S. The van der Waals surface area contributed by atoms with Crippen LogP contribution in [-0.4, -0.2) is 55.9 Å². The average molecular weight is 545 g/mol. The lowest BCUT2D eigenvalue weighted by Gasteiger charge is -2.26. The van der Waals surface area contributed by atoms with Crippen LogP contribution in [0, 0.1) is 0 Å². The number of rotatable bonds is 13. The van der Waals surface area contributed by atoms with Gasteiger partial charge < -0.3 is 29.0 Å². The van der Waals surface area contributed by atoms with Gasteiger partial charge in [0, 0.05) is 24.2 Å². The van der Waals surface area contributed by atoms with Crippen LogP contribution in [0.1, 0.15) is 12.5 Å². The number of benzene rings is 3. The van der Waals surface area contributed by atoms with Gasteiger partial charge in [0.2, 0.25) is 5.91 Å². The normalized spacial score (nSPS) is 10.9. The summed E-state index contributed by atoms with van der Waals surface area (Å²) in [6.45, 7) is 1.96. The van der Waals surface area contributed by atoms with Gasteiger partial charge in [0.15, 0.2) is 11.5 Å². The van der Waals surface area contributed by atoms with E-state index in [1.54, 1.807) is 18.2 Å². The number of amides is 1. The van der Waals surface area contributed by atoms with Gasteiger partial charge in [-0.3, -0.25) is 9.10 Å². The lowest BCUT2D eigenvalue weighted by molar-refractivity contribution is -0.119. The molecule has 0 aliphatic heterocycles. The van der Waals surface area contributed by atoms with Crippen molar-refractivity contribution in [1.29, 1.82) is 0 Å². The lowest BCUT2D eigenvalue weighted by atomic mass is 10.2. The molecule has 0 atom stereocenters. The first kappa shape index (κ1) is 28.5. The number of nitrogens with zero attached hydrogens (tertiary/aromatic N) is 1. The Balaban J connectivity index is 2.01. The van der Waals surface area contributed by atoms with Crippen molar-refractivity contribution in [3.05, 3.63) is 66.2 Å². The Morgan fingerprint density at radius 1 is 0.816 bits per heavy atom. The zero-order valence-electron chi connectivity index (χ0n) is 22.0. The Kier molecular flexibility index (Phi) is 9.66. The SMILES string of the molecule is CCOc1ccccc1CNC(=O)CN(c1cc(OC)ccc1OC)S(=O)(=O)c1ccc(OC)c(OC)c1. The number of methoxy groups -OCH3 is 4. The summed E-state index contributed by atoms with van der Waals surface area (Å²) < 4.78 is 55.8. The van der Waals surface area contributed by atoms with Crippen LogP contribution in [0.2, 0.25) is 0 Å². The molecule has 38 heavy (non-hydrogen) atoms. The lowest BCUT2D eigenvalue weighted by Crippen LogP contribution is -2.41. The molecule has 0 saturated carbocycles. The van der Waals surface area contributed by atoms with Crippen LogP contribution >= 0.6 is 0 Å². The first-order valence-corrected chi connectivity index (χ1v) is 13.2. The van der Waals surface area contributed by atoms with E-state index in [0.717, 1.165) is 9.87 Å². The molecule has 0 aliphatic carbocycles. The second-order valence-corrected chi connectivity index (χ2v) is 9.75. The van der Waals surface area contributed by atoms with Gasteiger partial charge in [-0.05, 0) is 37.3 Å². The van der Waals surface area contributed by atoms with E-state index in [0.29, 0.717) is 23.9 Å². The number of ether oxygens (including phenoxy) is 5. The predicted molar refractivity (Wildman–Crippen MR) is 143 cm³/mol. The van der Waals surface area contributed by atoms with Gasteiger partial charge in [-0.2, -0.15) is 0 Å². The molecule has 0 aromatic heterocycles. The van der Waals surface area contributed by atoms with Crippen LogP contribution in [0.4, 0.5) is 5.69 Å². The summed E-state index contributed by atoms with van der Waals surface area (Å²) in [5.74, 6) is 1.32. The van der Waals surface area contributed by atoms with E-state index in [1.807, 2.05) is 25.1 Å². The van der Waals surface area contributed by atoms with E-state index in [-0.39, 0.29) is 28.6 Å². The highest BCUT2D eigenvalue weighted by atomic mass is 32.2. The second-order valence-electron chi connectivity index (χ2n) is 7.88. The Hall–Kier alpha value is -4.12. The molecule has 1 amide bonds. The largest absolute Gasteiger partial charge is 0.497 e. The van der Waals surface area contributed by atoms with Crippen molar-refractivity contribution in [3.63, 3.8) is 0 Å². The fraction of sp³-hybridized carbons (Fsp3) is 0.296. The molecule has 0 spiro atoms. The molecule has 0 heterocycles. The van der Waals surface area contributed by atoms with Crippen LogP contribution in [0.15, 0.2) is 65.6 Å². The molecule has 0 fully saturated rings. The fourth-order valence-electron chi connectivity index (χ4n) is 3.72. The molecule has 0 bridgehead atoms. The van der Waals surface area contributed by atoms with Crippen molar-refractivity contribution in [2.75, 3.05) is 45.9 Å². The number of nitrogens with one attached hydrogen (secondary N) is 1. The van der Waals surface area contributed by atoms with Gasteiger partial charge in [0.1, 0.15) is 23.8 Å². The zero-order chi connectivity index (χ0) is 27.7. The monoisotopic (exact) mass is 544 g/mol. The van der Waals surface area contributed by atoms with E-state index in [4.69, 9.17) is 23.7 Å². The van der Waals surface area contributed by atoms with E-state index in [9.17, 15) is 13.2 Å². The van der Waals surface area contributed by atoms with E-state index in [1.165, 1.54) is 52.7 Å². The molecule has 10 nitrogen and oxygen atoms in total. The van der Waals surface area contributed by atoms with Crippen molar-refractivity contribution in [2.24, 2.45) is 0 Å². The molecule has 11 heteroatoms. The summed E-state index contributed by atoms with van der Waals surface area (Å²) in [4.78, 5) is 13.0. The maximum absolute atomic E-state index is 14.0. The van der Waals surface area contributed by atoms with Gasteiger partial charge in [-0.1, -0.05) is 18.2 Å². The Morgan fingerprint density at radius 3 is 2.16 bits per heavy atom. The predicted octanol–water partition coefficient (Wildman–Crippen LogP) is 3.63. The summed E-state index contributed by atoms with van der Waals surface area (Å²) >= 11 is 0. The molecule has 3 rings (SSSR count). The molecule has 3 aromatic rings. The van der Waals surface area contributed by atoms with Gasteiger partial charge in [-0.15, -0.1) is 0 Å². The van der Waals surface area contributed by atoms with Gasteiger partial charge in [-0.25, -0.2) is 8.42 Å². The zero-order valence-corrected chi connectivity index (χ0v) is 22.8. The summed E-state index contributed by atoms with van der Waals surface area (Å²) in [5, 5.41) is 2.79. The van der Waals surface area contributed by atoms with Crippen molar-refractivity contribution in [1.82, 2.24) is 5.32 Å². The Morgan fingerprint density at radius 2 is 1.50 bits per heavy atom. The van der Waals surface area contributed by atoms with E-state index in [2.05, 4.69) is 5.32 Å². The van der Waals surface area contributed by atoms with Crippen LogP contribution in [-0.2, 0) is 21.4 Å². The summed E-state index contributed by atoms with van der Waals surface area (Å²) in [5.41, 5.74) is 0.891. The third-order valence-corrected chi connectivity index (χ3v) is 7.39. The molecule has 0 saturated heterocycles. The average Bonchev–Trinajstić information content (AvgIpc) is 2.94. The smallest absolute Gasteiger partial charge is 0.265 e. The number of carbonyl (C=O) groups is 1. The van der Waals surface area contributed by atoms with Crippen molar-refractivity contribution >= 4 is 21.6 Å². The quantitative estimate of drug-likeness (QED) is 0.347. The van der Waals surface area contributed by atoms with Gasteiger partial charge >= 0.3 is 0 Å². The number of sulfonamides is 1. The maximum Gasteiger partial charge on any atom is 0.265 e. The van der Waals surface area contributed by atoms with Crippen molar-refractivity contribution < 1.29 is 36.9 Å². The topological polar surface area (TPSA) is 113 Å². The minimum absolute atomic E-state index is 0.102. The summed E-state index contributed by atoms with van der Waals surface area (Å²) in [6.07, 6.45) is 0. The Labute approximate surface area is 223 Å². The van der Waals surface area contributed by atoms with Crippen molar-refractivity contribution in [2.45, 2.75) is 18.4 Å². The van der Waals surface area contributed by atoms with Crippen LogP contribution in [0.3, 0.4) is 0 Å². The third kappa shape index (κ3) is 6.41. The van der Waals surface area contributed by atoms with Gasteiger partial charge in [0.05, 0.1) is 45.6 Å². The second kappa shape index (κ2) is 12.9. The molecule has 0 radical (unpaired) electrons. The van der Waals surface area contributed by atoms with E-state index < -0.39 is 22.5 Å². The minimum Gasteiger partial charge on any atom is -0.497 e. The number of anilines is 1. The molecule has 3 aromatic carbocycles. The van der Waals surface area contributed by atoms with Gasteiger partial charge in [0.25, 0.3) is 10.0 Å². The minimum atomic E-state index is -4.29. The van der Waals surface area contributed by atoms with Crippen LogP contribution < -0.4 is 33.3 Å². The highest BCUT2D eigenvalue weighted by molar-refractivity contribution is 7.92. The number of hydrogen-bond donors (Lipinski definition) is 1. The molecule has 1 N–H and O–H groups in total. The van der Waals surface area contributed by atoms with Crippen LogP contribution in [0.5, 0.6) is 28.7 Å². The summed E-state index contributed by atoms with van der Waals surface area (Å²) in [6, 6.07) is 16.2. The third-order valence-electron chi connectivity index (χ3n) is 5.63. The first-order chi connectivity index (χ1) is 18.3. The number of para-hydroxylation sites is 1. The standard InChI is InChI=1S/C27H32N2O8S/c1-6-37-23-10-8-7-9-19(23)17-28-27(30)18-29(22-15-20(33-2)11-13-24(22)34-3)38(31,32)21-12-14-25(35-4)26(16-21)36-5/h7-16H,6,17-18H2,1-5H3,(H,28,30). The molecule has 0 unspecified atom stereocenters. The van der Waals surface area contributed by atoms with Crippen molar-refractivity contribution in [3.8, 4) is 28.7 Å². The molecule has 204 valence electrons. The maximum atomic E-state index is 14.0. The highest BCUT2D eigenvalue weighted by Gasteiger charge is 2.31. The molecular weight excluding hydrogens is 512 g/mol. The number of carbonyl (C=O) groups excluding carboxylic acids is 1. The highest BCUT2D eigenvalue weighted by Crippen LogP contribution is 2.37. The summed E-state index contributed by atoms with van der Waals surface area (Å²) in [7, 11) is 1.45. The van der Waals surface area contributed by atoms with E-state index >= 15 is 0 Å². The first-order valence-electron chi connectivity index (χ1n) is 11.7. The number of hydrogen-bond acceptors (Lipinski definition) is 8. The van der Waals surface area contributed by atoms with Crippen LogP contribution in [0.25, 0.3) is 0 Å².